The van der Waals surface area contributed by atoms with Crippen LogP contribution in [-0.2, 0) is 0 Å². The maximum Gasteiger partial charge on any atom is 0.0775 e. The molecular formula is C9H13Si2. The van der Waals surface area contributed by atoms with E-state index in [9.17, 15) is 0 Å². The molecule has 0 heterocycles. The van der Waals surface area contributed by atoms with Gasteiger partial charge in [-0.25, -0.2) is 0 Å². The van der Waals surface area contributed by atoms with Crippen LogP contribution in [0.5, 0.6) is 0 Å². The summed E-state index contributed by atoms with van der Waals surface area (Å²) in [6, 6.07) is 8.66. The number of hydrogen-bond donors (Lipinski definition) is 0. The first kappa shape index (κ1) is 8.75. The number of hydrogen-bond acceptors (Lipinski definition) is 0. The predicted octanol–water partition coefficient (Wildman–Crippen LogP) is 1.03. The van der Waals surface area contributed by atoms with E-state index in [-0.39, 0.29) is 0 Å². The lowest BCUT2D eigenvalue weighted by atomic mass is 10.4. The lowest BCUT2D eigenvalue weighted by Crippen LogP contribution is -2.37. The van der Waals surface area contributed by atoms with E-state index in [4.69, 9.17) is 0 Å². The van der Waals surface area contributed by atoms with Gasteiger partial charge in [0.2, 0.25) is 0 Å². The Labute approximate surface area is 73.1 Å². The second-order valence-corrected chi connectivity index (χ2v) is 9.48. The minimum Gasteiger partial charge on any atom is -0.0674 e. The smallest absolute Gasteiger partial charge is 0.0674 e. The lowest BCUT2D eigenvalue weighted by Gasteiger charge is -2.16. The molecule has 1 aromatic carbocycles. The normalized spacial score (nSPS) is 11.6. The summed E-state index contributed by atoms with van der Waals surface area (Å²) in [5.41, 5.74) is 0. The van der Waals surface area contributed by atoms with Crippen molar-refractivity contribution in [1.29, 1.82) is 0 Å². The van der Waals surface area contributed by atoms with Gasteiger partial charge in [-0.2, -0.15) is 0 Å². The van der Waals surface area contributed by atoms with Crippen LogP contribution in [0, 0.1) is 0 Å². The molecule has 0 aromatic heterocycles. The van der Waals surface area contributed by atoms with E-state index >= 15 is 0 Å². The summed E-state index contributed by atoms with van der Waals surface area (Å²) >= 11 is 0. The molecule has 11 heavy (non-hydrogen) atoms. The molecule has 0 unspecified atom stereocenters. The van der Waals surface area contributed by atoms with Gasteiger partial charge >= 0.3 is 0 Å². The zero-order chi connectivity index (χ0) is 8.48. The third-order valence-electron chi connectivity index (χ3n) is 1.75. The van der Waals surface area contributed by atoms with Gasteiger partial charge in [-0.3, -0.25) is 0 Å². The predicted molar refractivity (Wildman–Crippen MR) is 54.8 cm³/mol. The molecule has 1 aromatic rings. The molecule has 57 valence electrons. The van der Waals surface area contributed by atoms with Gasteiger partial charge in [-0.1, -0.05) is 54.3 Å². The van der Waals surface area contributed by atoms with Crippen molar-refractivity contribution in [2.75, 3.05) is 0 Å². The Kier molecular flexibility index (Phi) is 2.35. The van der Waals surface area contributed by atoms with E-state index in [0.29, 0.717) is 0 Å². The molecule has 2 heteroatoms. The fraction of sp³-hybridized carbons (Fsp3) is 0.333. The quantitative estimate of drug-likeness (QED) is 0.562. The number of rotatable bonds is 1. The maximum absolute atomic E-state index is 3.48. The van der Waals surface area contributed by atoms with Gasteiger partial charge in [0.15, 0.2) is 0 Å². The van der Waals surface area contributed by atoms with Crippen molar-refractivity contribution in [3.63, 3.8) is 0 Å². The summed E-state index contributed by atoms with van der Waals surface area (Å²) in [5, 5.41) is 2.67. The number of benzene rings is 1. The molecule has 0 fully saturated rings. The Bertz CT molecular complexity index is 231. The van der Waals surface area contributed by atoms with Crippen LogP contribution in [0.4, 0.5) is 0 Å². The summed E-state index contributed by atoms with van der Waals surface area (Å²) in [6.07, 6.45) is 0. The molecule has 0 atom stereocenters. The summed E-state index contributed by atoms with van der Waals surface area (Å²) in [7, 11) is 2.40. The van der Waals surface area contributed by atoms with Crippen LogP contribution in [0.3, 0.4) is 0 Å². The van der Waals surface area contributed by atoms with Gasteiger partial charge in [-0.15, -0.1) is 0 Å². The standard InChI is InChI=1S/C9H13Si2/c1-11(2,3)9-6-4-8(10)5-7-9/h4-7H,1-3H3. The fourth-order valence-corrected chi connectivity index (χ4v) is 2.30. The molecule has 0 N–H and O–H groups in total. The van der Waals surface area contributed by atoms with Crippen molar-refractivity contribution in [1.82, 2.24) is 0 Å². The highest BCUT2D eigenvalue weighted by atomic mass is 28.3. The van der Waals surface area contributed by atoms with E-state index in [0.717, 1.165) is 5.19 Å². The molecule has 0 saturated carbocycles. The highest BCUT2D eigenvalue weighted by Gasteiger charge is 2.14. The zero-order valence-electron chi connectivity index (χ0n) is 7.31. The molecule has 0 aliphatic heterocycles. The van der Waals surface area contributed by atoms with Gasteiger partial charge in [0.05, 0.1) is 18.3 Å². The summed E-state index contributed by atoms with van der Waals surface area (Å²) in [6.45, 7) is 7.07. The van der Waals surface area contributed by atoms with Crippen LogP contribution in [0.15, 0.2) is 24.3 Å². The Morgan fingerprint density at radius 3 is 1.82 bits per heavy atom. The highest BCUT2D eigenvalue weighted by molar-refractivity contribution is 6.88. The van der Waals surface area contributed by atoms with E-state index < -0.39 is 8.07 Å². The van der Waals surface area contributed by atoms with E-state index in [1.807, 2.05) is 0 Å². The third kappa shape index (κ3) is 2.31. The summed E-state index contributed by atoms with van der Waals surface area (Å²) < 4.78 is 0. The minimum absolute atomic E-state index is 1.08. The first-order valence-corrected chi connectivity index (χ1v) is 7.82. The highest BCUT2D eigenvalue weighted by Crippen LogP contribution is 1.99. The van der Waals surface area contributed by atoms with Crippen LogP contribution >= 0.6 is 0 Å². The van der Waals surface area contributed by atoms with Crippen LogP contribution in [0.2, 0.25) is 19.6 Å². The van der Waals surface area contributed by atoms with Crippen LogP contribution in [-0.4, -0.2) is 18.3 Å². The van der Waals surface area contributed by atoms with Crippen molar-refractivity contribution in [3.05, 3.63) is 24.3 Å². The molecule has 0 nitrogen and oxygen atoms in total. The SMILES string of the molecule is C[Si](C)(C)c1ccc([Si])cc1. The molecule has 0 aliphatic rings. The van der Waals surface area contributed by atoms with Crippen molar-refractivity contribution in [2.24, 2.45) is 0 Å². The molecule has 0 saturated heterocycles. The average Bonchev–Trinajstić information content (AvgIpc) is 1.86. The van der Waals surface area contributed by atoms with Gasteiger partial charge < -0.3 is 0 Å². The molecule has 0 spiro atoms. The van der Waals surface area contributed by atoms with Gasteiger partial charge in [0, 0.05) is 0 Å². The molecule has 0 amide bonds. The monoisotopic (exact) mass is 177 g/mol. The Hall–Kier alpha value is -0.346. The van der Waals surface area contributed by atoms with Crippen molar-refractivity contribution in [3.8, 4) is 0 Å². The lowest BCUT2D eigenvalue weighted by molar-refractivity contribution is 1.71. The summed E-state index contributed by atoms with van der Waals surface area (Å²) in [5.74, 6) is 0. The van der Waals surface area contributed by atoms with Gasteiger partial charge in [0.25, 0.3) is 0 Å². The van der Waals surface area contributed by atoms with Crippen LogP contribution in [0.1, 0.15) is 0 Å². The molecule has 0 aliphatic carbocycles. The van der Waals surface area contributed by atoms with E-state index in [1.165, 1.54) is 5.19 Å². The second-order valence-electron chi connectivity index (χ2n) is 3.83. The van der Waals surface area contributed by atoms with E-state index in [2.05, 4.69) is 54.1 Å². The molecule has 3 radical (unpaired) electrons. The zero-order valence-corrected chi connectivity index (χ0v) is 9.31. The van der Waals surface area contributed by atoms with Crippen molar-refractivity contribution < 1.29 is 0 Å². The Morgan fingerprint density at radius 2 is 1.45 bits per heavy atom. The molecule has 1 rings (SSSR count). The largest absolute Gasteiger partial charge is 0.0775 e. The van der Waals surface area contributed by atoms with Gasteiger partial charge in [-0.05, 0) is 0 Å². The molecular weight excluding hydrogens is 164 g/mol. The maximum atomic E-state index is 3.48. The van der Waals surface area contributed by atoms with Crippen LogP contribution in [0.25, 0.3) is 0 Å². The van der Waals surface area contributed by atoms with Crippen molar-refractivity contribution >= 4 is 28.7 Å². The third-order valence-corrected chi connectivity index (χ3v) is 4.15. The van der Waals surface area contributed by atoms with Gasteiger partial charge in [0.1, 0.15) is 0 Å². The first-order chi connectivity index (χ1) is 5.00. The molecule has 0 bridgehead atoms. The topological polar surface area (TPSA) is 0 Å². The van der Waals surface area contributed by atoms with E-state index in [1.54, 1.807) is 0 Å². The van der Waals surface area contributed by atoms with Crippen LogP contribution < -0.4 is 10.4 Å². The second kappa shape index (κ2) is 2.95. The Morgan fingerprint density at radius 1 is 1.00 bits per heavy atom. The minimum atomic E-state index is -1.08. The first-order valence-electron chi connectivity index (χ1n) is 3.82. The average molecular weight is 177 g/mol. The fourth-order valence-electron chi connectivity index (χ4n) is 0.970. The summed E-state index contributed by atoms with van der Waals surface area (Å²) in [4.78, 5) is 0. The van der Waals surface area contributed by atoms with Crippen molar-refractivity contribution in [2.45, 2.75) is 19.6 Å². The Balaban J connectivity index is 2.99.